The van der Waals surface area contributed by atoms with E-state index in [2.05, 4.69) is 21.2 Å². The fourth-order valence-electron chi connectivity index (χ4n) is 4.70. The number of nitrogens with one attached hydrogen (secondary N) is 1. The Bertz CT molecular complexity index is 1700. The summed E-state index contributed by atoms with van der Waals surface area (Å²) in [7, 11) is -4.30. The van der Waals surface area contributed by atoms with Crippen LogP contribution in [0, 0.1) is 10.1 Å². The molecule has 0 aliphatic heterocycles. The average Bonchev–Trinajstić information content (AvgIpc) is 3.05. The van der Waals surface area contributed by atoms with Crippen LogP contribution in [0.5, 0.6) is 0 Å². The number of amides is 2. The highest BCUT2D eigenvalue weighted by molar-refractivity contribution is 9.10. The Kier molecular flexibility index (Phi) is 11.4. The van der Waals surface area contributed by atoms with Gasteiger partial charge < -0.3 is 10.2 Å². The lowest BCUT2D eigenvalue weighted by atomic mass is 10.0. The summed E-state index contributed by atoms with van der Waals surface area (Å²) < 4.78 is 29.7. The van der Waals surface area contributed by atoms with Gasteiger partial charge in [-0.15, -0.1) is 0 Å². The second kappa shape index (κ2) is 15.4. The third-order valence-electron chi connectivity index (χ3n) is 7.05. The highest BCUT2D eigenvalue weighted by atomic mass is 79.9. The van der Waals surface area contributed by atoms with Crippen molar-refractivity contribution in [3.8, 4) is 0 Å². The number of carbonyl (C=O) groups excluding carboxylic acids is 2. The maximum Gasteiger partial charge on any atom is 0.269 e. The molecular formula is C33H33BrN4O6S. The molecule has 2 amide bonds. The minimum Gasteiger partial charge on any atom is -0.354 e. The molecule has 10 nitrogen and oxygen atoms in total. The number of anilines is 1. The standard InChI is InChI=1S/C33H33BrN4O6S/c1-2-21-35-33(40)31(22-25-9-5-3-6-10-25)36(23-26-13-15-27(34)16-14-26)32(39)24-37(28-17-19-29(20-18-28)38(41)42)45(43,44)30-11-7-4-8-12-30/h3-20,31H,2,21-24H2,1H3,(H,35,40). The summed E-state index contributed by atoms with van der Waals surface area (Å²) in [6, 6.07) is 28.2. The van der Waals surface area contributed by atoms with Gasteiger partial charge in [0.25, 0.3) is 15.7 Å². The second-order valence-corrected chi connectivity index (χ2v) is 13.0. The van der Waals surface area contributed by atoms with Gasteiger partial charge in [-0.05, 0) is 53.9 Å². The van der Waals surface area contributed by atoms with Gasteiger partial charge in [-0.1, -0.05) is 83.5 Å². The number of rotatable bonds is 14. The summed E-state index contributed by atoms with van der Waals surface area (Å²) in [6.07, 6.45) is 0.884. The van der Waals surface area contributed by atoms with E-state index in [0.29, 0.717) is 13.0 Å². The summed E-state index contributed by atoms with van der Waals surface area (Å²) in [4.78, 5) is 40.1. The molecule has 1 N–H and O–H groups in total. The number of carbonyl (C=O) groups is 2. The second-order valence-electron chi connectivity index (χ2n) is 10.2. The van der Waals surface area contributed by atoms with Crippen LogP contribution in [0.2, 0.25) is 0 Å². The van der Waals surface area contributed by atoms with Gasteiger partial charge in [0.05, 0.1) is 15.5 Å². The third-order valence-corrected chi connectivity index (χ3v) is 9.36. The number of nitro benzene ring substituents is 1. The van der Waals surface area contributed by atoms with E-state index in [9.17, 15) is 28.1 Å². The zero-order valence-electron chi connectivity index (χ0n) is 24.6. The van der Waals surface area contributed by atoms with E-state index in [0.717, 1.165) is 19.9 Å². The van der Waals surface area contributed by atoms with E-state index < -0.39 is 33.4 Å². The summed E-state index contributed by atoms with van der Waals surface area (Å²) in [6.45, 7) is 1.70. The SMILES string of the molecule is CCCNC(=O)C(Cc1ccccc1)N(Cc1ccc(Br)cc1)C(=O)CN(c1ccc([N+](=O)[O-])cc1)S(=O)(=O)c1ccccc1. The van der Waals surface area contributed by atoms with Crippen molar-refractivity contribution in [1.29, 1.82) is 0 Å². The maximum atomic E-state index is 14.4. The lowest BCUT2D eigenvalue weighted by Gasteiger charge is -2.34. The fraction of sp³-hybridized carbons (Fsp3) is 0.212. The molecule has 0 heterocycles. The molecule has 0 radical (unpaired) electrons. The Morgan fingerprint density at radius 3 is 2.04 bits per heavy atom. The predicted molar refractivity (Wildman–Crippen MR) is 176 cm³/mol. The minimum atomic E-state index is -4.30. The van der Waals surface area contributed by atoms with Crippen LogP contribution in [-0.2, 0) is 32.6 Å². The van der Waals surface area contributed by atoms with E-state index in [1.165, 1.54) is 41.3 Å². The first-order valence-corrected chi connectivity index (χ1v) is 16.5. The molecule has 234 valence electrons. The quantitative estimate of drug-likeness (QED) is 0.133. The third kappa shape index (κ3) is 8.77. The van der Waals surface area contributed by atoms with Crippen LogP contribution in [0.15, 0.2) is 119 Å². The molecule has 0 saturated carbocycles. The molecule has 0 spiro atoms. The van der Waals surface area contributed by atoms with Crippen molar-refractivity contribution >= 4 is 49.1 Å². The Hall–Kier alpha value is -4.55. The highest BCUT2D eigenvalue weighted by Gasteiger charge is 2.34. The van der Waals surface area contributed by atoms with Crippen LogP contribution in [0.3, 0.4) is 0 Å². The summed E-state index contributed by atoms with van der Waals surface area (Å²) in [5.41, 5.74) is 1.40. The average molecular weight is 694 g/mol. The molecule has 0 aliphatic carbocycles. The van der Waals surface area contributed by atoms with E-state index in [1.807, 2.05) is 61.5 Å². The van der Waals surface area contributed by atoms with E-state index in [-0.39, 0.29) is 35.1 Å². The van der Waals surface area contributed by atoms with Crippen molar-refractivity contribution < 1.29 is 22.9 Å². The number of sulfonamides is 1. The van der Waals surface area contributed by atoms with Crippen molar-refractivity contribution in [1.82, 2.24) is 10.2 Å². The predicted octanol–water partition coefficient (Wildman–Crippen LogP) is 5.72. The lowest BCUT2D eigenvalue weighted by molar-refractivity contribution is -0.384. The van der Waals surface area contributed by atoms with Crippen LogP contribution < -0.4 is 9.62 Å². The first kappa shape index (κ1) is 33.3. The number of hydrogen-bond donors (Lipinski definition) is 1. The van der Waals surface area contributed by atoms with Crippen molar-refractivity contribution in [2.24, 2.45) is 0 Å². The number of halogens is 1. The van der Waals surface area contributed by atoms with E-state index in [1.54, 1.807) is 18.2 Å². The normalized spacial score (nSPS) is 11.8. The van der Waals surface area contributed by atoms with E-state index >= 15 is 0 Å². The number of benzene rings is 4. The fourth-order valence-corrected chi connectivity index (χ4v) is 6.40. The smallest absolute Gasteiger partial charge is 0.269 e. The Morgan fingerprint density at radius 2 is 1.47 bits per heavy atom. The molecule has 4 aromatic rings. The molecule has 0 bridgehead atoms. The lowest BCUT2D eigenvalue weighted by Crippen LogP contribution is -2.53. The number of hydrogen-bond acceptors (Lipinski definition) is 6. The topological polar surface area (TPSA) is 130 Å². The van der Waals surface area contributed by atoms with Gasteiger partial charge in [-0.3, -0.25) is 24.0 Å². The molecule has 12 heteroatoms. The first-order chi connectivity index (χ1) is 21.6. The van der Waals surface area contributed by atoms with Crippen LogP contribution in [-0.4, -0.2) is 49.2 Å². The van der Waals surface area contributed by atoms with Crippen LogP contribution in [0.4, 0.5) is 11.4 Å². The van der Waals surface area contributed by atoms with Gasteiger partial charge in [-0.25, -0.2) is 8.42 Å². The van der Waals surface area contributed by atoms with Crippen LogP contribution in [0.25, 0.3) is 0 Å². The molecule has 0 fully saturated rings. The summed E-state index contributed by atoms with van der Waals surface area (Å²) in [5.74, 6) is -0.984. The van der Waals surface area contributed by atoms with Crippen molar-refractivity contribution in [2.75, 3.05) is 17.4 Å². The van der Waals surface area contributed by atoms with Crippen molar-refractivity contribution in [3.63, 3.8) is 0 Å². The highest BCUT2D eigenvalue weighted by Crippen LogP contribution is 2.27. The molecule has 1 atom stereocenters. The maximum absolute atomic E-state index is 14.4. The number of non-ortho nitro benzene ring substituents is 1. The van der Waals surface area contributed by atoms with Gasteiger partial charge in [0.1, 0.15) is 12.6 Å². The molecular weight excluding hydrogens is 660 g/mol. The molecule has 0 aromatic heterocycles. The largest absolute Gasteiger partial charge is 0.354 e. The van der Waals surface area contributed by atoms with Crippen molar-refractivity contribution in [3.05, 3.63) is 135 Å². The van der Waals surface area contributed by atoms with Crippen molar-refractivity contribution in [2.45, 2.75) is 37.2 Å². The monoisotopic (exact) mass is 692 g/mol. The molecule has 4 rings (SSSR count). The molecule has 0 saturated heterocycles. The molecule has 4 aromatic carbocycles. The van der Waals surface area contributed by atoms with Gasteiger partial charge in [0, 0.05) is 36.1 Å². The van der Waals surface area contributed by atoms with E-state index in [4.69, 9.17) is 0 Å². The van der Waals surface area contributed by atoms with Gasteiger partial charge in [0.2, 0.25) is 11.8 Å². The van der Waals surface area contributed by atoms with Crippen LogP contribution >= 0.6 is 15.9 Å². The van der Waals surface area contributed by atoms with Gasteiger partial charge >= 0.3 is 0 Å². The zero-order valence-corrected chi connectivity index (χ0v) is 27.0. The minimum absolute atomic E-state index is 0.0304. The van der Waals surface area contributed by atoms with Gasteiger partial charge in [-0.2, -0.15) is 0 Å². The van der Waals surface area contributed by atoms with Crippen LogP contribution in [0.1, 0.15) is 24.5 Å². The Morgan fingerprint density at radius 1 is 0.867 bits per heavy atom. The molecule has 0 aliphatic rings. The Balaban J connectivity index is 1.79. The summed E-state index contributed by atoms with van der Waals surface area (Å²) in [5, 5.41) is 14.2. The molecule has 1 unspecified atom stereocenters. The number of nitrogens with zero attached hydrogens (tertiary/aromatic N) is 3. The zero-order chi connectivity index (χ0) is 32.4. The number of nitro groups is 1. The first-order valence-electron chi connectivity index (χ1n) is 14.3. The molecule has 45 heavy (non-hydrogen) atoms. The van der Waals surface area contributed by atoms with Gasteiger partial charge in [0.15, 0.2) is 0 Å². The Labute approximate surface area is 271 Å². The summed E-state index contributed by atoms with van der Waals surface area (Å²) >= 11 is 3.42.